The number of quaternary nitrogens is 1. The third-order valence-electron chi connectivity index (χ3n) is 3.88. The first-order valence-corrected chi connectivity index (χ1v) is 9.05. The Morgan fingerprint density at radius 3 is 2.62 bits per heavy atom. The molecule has 26 heavy (non-hydrogen) atoms. The number of amides is 1. The number of benzene rings is 1. The smallest absolute Gasteiger partial charge is 0.341 e. The number of esters is 1. The van der Waals surface area contributed by atoms with E-state index in [4.69, 9.17) is 10.5 Å². The quantitative estimate of drug-likeness (QED) is 0.631. The minimum absolute atomic E-state index is 0.209. The second-order valence-corrected chi connectivity index (χ2v) is 6.90. The third-order valence-corrected chi connectivity index (χ3v) is 4.94. The van der Waals surface area contributed by atoms with Crippen molar-refractivity contribution in [3.8, 4) is 0 Å². The van der Waals surface area contributed by atoms with Gasteiger partial charge in [0.15, 0.2) is 0 Å². The first kappa shape index (κ1) is 19.9. The monoisotopic (exact) mass is 380 g/mol. The van der Waals surface area contributed by atoms with Crippen LogP contribution < -0.4 is 16.0 Å². The fourth-order valence-electron chi connectivity index (χ4n) is 2.71. The zero-order valence-corrected chi connectivity index (χ0v) is 15.8. The Morgan fingerprint density at radius 2 is 2.00 bits per heavy atom. The predicted molar refractivity (Wildman–Crippen MR) is 98.8 cm³/mol. The van der Waals surface area contributed by atoms with Gasteiger partial charge in [-0.3, -0.25) is 4.79 Å². The van der Waals surface area contributed by atoms with Gasteiger partial charge >= 0.3 is 5.97 Å². The molecule has 0 spiro atoms. The summed E-state index contributed by atoms with van der Waals surface area (Å²) < 4.78 is 19.0. The molecule has 0 saturated carbocycles. The van der Waals surface area contributed by atoms with E-state index < -0.39 is 5.97 Å². The summed E-state index contributed by atoms with van der Waals surface area (Å²) in [6.45, 7) is 2.65. The number of nitrogen functional groups attached to an aromatic ring is 1. The van der Waals surface area contributed by atoms with Gasteiger partial charge in [-0.1, -0.05) is 18.2 Å². The topological polar surface area (TPSA) is 85.9 Å². The van der Waals surface area contributed by atoms with E-state index in [0.29, 0.717) is 29.1 Å². The van der Waals surface area contributed by atoms with Crippen molar-refractivity contribution in [3.05, 3.63) is 51.7 Å². The van der Waals surface area contributed by atoms with Crippen molar-refractivity contribution in [1.29, 1.82) is 0 Å². The van der Waals surface area contributed by atoms with Crippen molar-refractivity contribution in [2.45, 2.75) is 20.0 Å². The molecular weight excluding hydrogens is 357 g/mol. The average molecular weight is 380 g/mol. The molecule has 0 aliphatic rings. The maximum absolute atomic E-state index is 13.9. The largest absolute Gasteiger partial charge is 0.462 e. The lowest BCUT2D eigenvalue weighted by Crippen LogP contribution is -3.06. The zero-order chi connectivity index (χ0) is 19.3. The summed E-state index contributed by atoms with van der Waals surface area (Å²) in [5, 5.41) is 2.81. The Kier molecular flexibility index (Phi) is 6.70. The summed E-state index contributed by atoms with van der Waals surface area (Å²) >= 11 is 1.06. The fourth-order valence-corrected chi connectivity index (χ4v) is 3.73. The maximum atomic E-state index is 13.9. The Balaban J connectivity index is 2.34. The molecule has 0 saturated heterocycles. The Morgan fingerprint density at radius 1 is 1.31 bits per heavy atom. The van der Waals surface area contributed by atoms with Crippen LogP contribution in [0.1, 0.15) is 38.1 Å². The molecule has 1 aromatic carbocycles. The molecule has 8 heteroatoms. The predicted octanol–water partition coefficient (Wildman–Crippen LogP) is 1.22. The van der Waals surface area contributed by atoms with E-state index in [9.17, 15) is 14.0 Å². The number of carbonyl (C=O) groups excluding carboxylic acids is 2. The van der Waals surface area contributed by atoms with Crippen LogP contribution >= 0.6 is 11.3 Å². The molecule has 0 aliphatic carbocycles. The molecule has 4 N–H and O–H groups in total. The van der Waals surface area contributed by atoms with E-state index in [1.165, 1.54) is 13.1 Å². The van der Waals surface area contributed by atoms with Crippen molar-refractivity contribution in [2.24, 2.45) is 0 Å². The van der Waals surface area contributed by atoms with E-state index in [1.807, 2.05) is 7.05 Å². The molecule has 2 aromatic rings. The lowest BCUT2D eigenvalue weighted by atomic mass is 10.1. The standard InChI is InChI=1S/C18H22FN3O3S/c1-4-25-18(24)14-12(15(17(23)21-2)26-16(14)20)10-22(3)9-11-7-5-6-8-13(11)19/h5-8H,4,9-10,20H2,1-3H3,(H,21,23)/p+1. The highest BCUT2D eigenvalue weighted by atomic mass is 32.1. The fraction of sp³-hybridized carbons (Fsp3) is 0.333. The average Bonchev–Trinajstić information content (AvgIpc) is 2.92. The SMILES string of the molecule is CCOC(=O)c1c(N)sc(C(=O)NC)c1C[NH+](C)Cc1ccccc1F. The Hall–Kier alpha value is -2.45. The third kappa shape index (κ3) is 4.39. The van der Waals surface area contributed by atoms with Crippen molar-refractivity contribution < 1.29 is 23.6 Å². The van der Waals surface area contributed by atoms with Crippen LogP contribution in [0.4, 0.5) is 9.39 Å². The number of halogens is 1. The van der Waals surface area contributed by atoms with Crippen LogP contribution in [0.15, 0.2) is 24.3 Å². The summed E-state index contributed by atoms with van der Waals surface area (Å²) in [6.07, 6.45) is 0. The van der Waals surface area contributed by atoms with Gasteiger partial charge in [0.1, 0.15) is 34.3 Å². The molecule has 0 radical (unpaired) electrons. The first-order valence-electron chi connectivity index (χ1n) is 8.24. The number of anilines is 1. The normalized spacial score (nSPS) is 11.8. The van der Waals surface area contributed by atoms with Crippen LogP contribution in [0.25, 0.3) is 0 Å². The molecule has 1 atom stereocenters. The number of nitrogens with one attached hydrogen (secondary N) is 2. The Bertz CT molecular complexity index is 807. The minimum atomic E-state index is -0.551. The van der Waals surface area contributed by atoms with E-state index in [2.05, 4.69) is 5.32 Å². The van der Waals surface area contributed by atoms with Gasteiger partial charge in [-0.25, -0.2) is 9.18 Å². The van der Waals surface area contributed by atoms with Gasteiger partial charge in [-0.2, -0.15) is 0 Å². The van der Waals surface area contributed by atoms with Crippen molar-refractivity contribution in [2.75, 3.05) is 26.4 Å². The highest BCUT2D eigenvalue weighted by Crippen LogP contribution is 2.31. The summed E-state index contributed by atoms with van der Waals surface area (Å²) in [5.41, 5.74) is 7.30. The highest BCUT2D eigenvalue weighted by Gasteiger charge is 2.28. The molecule has 1 unspecified atom stereocenters. The number of nitrogens with two attached hydrogens (primary N) is 1. The molecule has 1 amide bonds. The summed E-state index contributed by atoms with van der Waals surface area (Å²) in [4.78, 5) is 25.8. The van der Waals surface area contributed by atoms with Gasteiger partial charge in [0.25, 0.3) is 5.91 Å². The molecule has 0 fully saturated rings. The number of hydrogen-bond donors (Lipinski definition) is 3. The van der Waals surface area contributed by atoms with E-state index in [-0.39, 0.29) is 28.9 Å². The number of hydrogen-bond acceptors (Lipinski definition) is 5. The molecule has 140 valence electrons. The minimum Gasteiger partial charge on any atom is -0.462 e. The molecule has 2 rings (SSSR count). The second-order valence-electron chi connectivity index (χ2n) is 5.85. The van der Waals surface area contributed by atoms with Gasteiger partial charge < -0.3 is 20.7 Å². The van der Waals surface area contributed by atoms with Gasteiger partial charge in [-0.05, 0) is 13.0 Å². The van der Waals surface area contributed by atoms with E-state index in [1.54, 1.807) is 25.1 Å². The van der Waals surface area contributed by atoms with Gasteiger partial charge in [0, 0.05) is 18.2 Å². The highest BCUT2D eigenvalue weighted by molar-refractivity contribution is 7.18. The lowest BCUT2D eigenvalue weighted by Gasteiger charge is -2.16. The Labute approximate surface area is 155 Å². The molecule has 0 bridgehead atoms. The summed E-state index contributed by atoms with van der Waals surface area (Å²) in [6, 6.07) is 6.53. The number of carbonyl (C=O) groups is 2. The lowest BCUT2D eigenvalue weighted by molar-refractivity contribution is -0.907. The van der Waals surface area contributed by atoms with E-state index in [0.717, 1.165) is 16.2 Å². The van der Waals surface area contributed by atoms with Crippen LogP contribution in [0.2, 0.25) is 0 Å². The number of thiophene rings is 1. The summed E-state index contributed by atoms with van der Waals surface area (Å²) in [7, 11) is 3.38. The van der Waals surface area contributed by atoms with Crippen molar-refractivity contribution in [1.82, 2.24) is 5.32 Å². The second kappa shape index (κ2) is 8.77. The van der Waals surface area contributed by atoms with Crippen LogP contribution in [-0.2, 0) is 17.8 Å². The number of ether oxygens (including phenoxy) is 1. The zero-order valence-electron chi connectivity index (χ0n) is 15.0. The van der Waals surface area contributed by atoms with Crippen LogP contribution in [0, 0.1) is 5.82 Å². The van der Waals surface area contributed by atoms with Gasteiger partial charge in [-0.15, -0.1) is 11.3 Å². The molecule has 1 heterocycles. The van der Waals surface area contributed by atoms with Gasteiger partial charge in [0.2, 0.25) is 0 Å². The molecule has 0 aliphatic heterocycles. The molecule has 1 aromatic heterocycles. The first-order chi connectivity index (χ1) is 12.4. The van der Waals surface area contributed by atoms with Crippen LogP contribution in [-0.4, -0.2) is 32.6 Å². The molecule has 6 nitrogen and oxygen atoms in total. The summed E-state index contributed by atoms with van der Waals surface area (Å²) in [5.74, 6) is -1.15. The van der Waals surface area contributed by atoms with Crippen LogP contribution in [0.3, 0.4) is 0 Å². The molecular formula is C18H23FN3O3S+. The number of rotatable bonds is 7. The van der Waals surface area contributed by atoms with Crippen molar-refractivity contribution >= 4 is 28.2 Å². The van der Waals surface area contributed by atoms with E-state index >= 15 is 0 Å². The van der Waals surface area contributed by atoms with Crippen molar-refractivity contribution in [3.63, 3.8) is 0 Å². The van der Waals surface area contributed by atoms with Crippen LogP contribution in [0.5, 0.6) is 0 Å². The maximum Gasteiger partial charge on any atom is 0.341 e. The van der Waals surface area contributed by atoms with Gasteiger partial charge in [0.05, 0.1) is 13.7 Å².